The van der Waals surface area contributed by atoms with E-state index >= 15 is 0 Å². The molecule has 0 spiro atoms. The zero-order chi connectivity index (χ0) is 12.4. The van der Waals surface area contributed by atoms with Crippen LogP contribution in [-0.2, 0) is 20.0 Å². The van der Waals surface area contributed by atoms with Crippen LogP contribution in [-0.4, -0.2) is 14.8 Å². The van der Waals surface area contributed by atoms with Crippen molar-refractivity contribution in [1.29, 1.82) is 0 Å². The molecule has 0 unspecified atom stereocenters. The zero-order valence-electron chi connectivity index (χ0n) is 10.3. The molecular formula is C11H17N5S. The van der Waals surface area contributed by atoms with Crippen LogP contribution in [0.3, 0.4) is 0 Å². The highest BCUT2D eigenvalue weighted by Gasteiger charge is 2.11. The molecule has 2 rings (SSSR count). The predicted octanol–water partition coefficient (Wildman–Crippen LogP) is 1.94. The molecule has 17 heavy (non-hydrogen) atoms. The van der Waals surface area contributed by atoms with Crippen molar-refractivity contribution in [2.45, 2.75) is 26.8 Å². The van der Waals surface area contributed by atoms with Gasteiger partial charge in [-0.1, -0.05) is 6.92 Å². The molecule has 0 radical (unpaired) electrons. The summed E-state index contributed by atoms with van der Waals surface area (Å²) in [6.07, 6.45) is 2.73. The number of nitrogen functional groups attached to an aromatic ring is 1. The molecule has 0 saturated carbocycles. The van der Waals surface area contributed by atoms with Gasteiger partial charge in [0, 0.05) is 18.1 Å². The Kier molecular flexibility index (Phi) is 3.33. The predicted molar refractivity (Wildman–Crippen MR) is 71.2 cm³/mol. The van der Waals surface area contributed by atoms with E-state index in [0.717, 1.165) is 28.6 Å². The quantitative estimate of drug-likeness (QED) is 0.871. The summed E-state index contributed by atoms with van der Waals surface area (Å²) in [5, 5.41) is 8.70. The third-order valence-corrected chi connectivity index (χ3v) is 3.48. The number of thiazole rings is 1. The molecule has 0 saturated heterocycles. The van der Waals surface area contributed by atoms with Crippen molar-refractivity contribution in [3.63, 3.8) is 0 Å². The van der Waals surface area contributed by atoms with Crippen LogP contribution in [0.5, 0.6) is 0 Å². The molecule has 0 atom stereocenters. The third kappa shape index (κ3) is 2.41. The number of nitrogens with two attached hydrogens (primary N) is 1. The van der Waals surface area contributed by atoms with Crippen molar-refractivity contribution in [2.24, 2.45) is 7.05 Å². The molecule has 5 nitrogen and oxygen atoms in total. The molecule has 0 aliphatic heterocycles. The number of hydrogen-bond acceptors (Lipinski definition) is 5. The first kappa shape index (κ1) is 11.9. The van der Waals surface area contributed by atoms with Crippen molar-refractivity contribution in [3.05, 3.63) is 21.8 Å². The average molecular weight is 251 g/mol. The van der Waals surface area contributed by atoms with Crippen LogP contribution in [0.2, 0.25) is 0 Å². The van der Waals surface area contributed by atoms with E-state index in [0.29, 0.717) is 6.54 Å². The van der Waals surface area contributed by atoms with Gasteiger partial charge >= 0.3 is 0 Å². The van der Waals surface area contributed by atoms with Gasteiger partial charge in [-0.15, -0.1) is 11.3 Å². The van der Waals surface area contributed by atoms with Gasteiger partial charge in [-0.3, -0.25) is 4.68 Å². The van der Waals surface area contributed by atoms with E-state index in [2.05, 4.69) is 22.3 Å². The van der Waals surface area contributed by atoms with Crippen LogP contribution in [0.15, 0.2) is 6.20 Å². The number of anilines is 2. The van der Waals surface area contributed by atoms with Gasteiger partial charge in [-0.05, 0) is 13.3 Å². The summed E-state index contributed by atoms with van der Waals surface area (Å²) in [7, 11) is 1.89. The van der Waals surface area contributed by atoms with E-state index in [1.54, 1.807) is 16.0 Å². The topological polar surface area (TPSA) is 68.8 Å². The maximum atomic E-state index is 6.02. The maximum Gasteiger partial charge on any atom is 0.148 e. The Balaban J connectivity index is 2.11. The first-order chi connectivity index (χ1) is 8.11. The first-order valence-corrected chi connectivity index (χ1v) is 6.40. The summed E-state index contributed by atoms with van der Waals surface area (Å²) in [5.74, 6) is 0.870. The minimum atomic E-state index is 0.686. The van der Waals surface area contributed by atoms with Crippen molar-refractivity contribution in [1.82, 2.24) is 14.8 Å². The van der Waals surface area contributed by atoms with E-state index in [1.807, 2.05) is 20.2 Å². The van der Waals surface area contributed by atoms with E-state index < -0.39 is 0 Å². The van der Waals surface area contributed by atoms with Crippen molar-refractivity contribution in [3.8, 4) is 0 Å². The summed E-state index contributed by atoms with van der Waals surface area (Å²) >= 11 is 1.69. The summed E-state index contributed by atoms with van der Waals surface area (Å²) in [6.45, 7) is 4.78. The highest BCUT2D eigenvalue weighted by Crippen LogP contribution is 2.23. The molecule has 3 N–H and O–H groups in total. The van der Waals surface area contributed by atoms with Gasteiger partial charge in [-0.2, -0.15) is 5.10 Å². The van der Waals surface area contributed by atoms with E-state index in [4.69, 9.17) is 5.73 Å². The minimum absolute atomic E-state index is 0.686. The fourth-order valence-corrected chi connectivity index (χ4v) is 2.44. The molecule has 0 aliphatic rings. The maximum absolute atomic E-state index is 6.02. The third-order valence-electron chi connectivity index (χ3n) is 2.57. The first-order valence-electron chi connectivity index (χ1n) is 5.58. The molecule has 0 bridgehead atoms. The Morgan fingerprint density at radius 2 is 2.29 bits per heavy atom. The normalized spacial score (nSPS) is 10.8. The molecule has 2 aromatic heterocycles. The van der Waals surface area contributed by atoms with Crippen LogP contribution in [0.1, 0.15) is 22.5 Å². The van der Waals surface area contributed by atoms with Gasteiger partial charge in [0.25, 0.3) is 0 Å². The van der Waals surface area contributed by atoms with E-state index in [-0.39, 0.29) is 0 Å². The Morgan fingerprint density at radius 1 is 1.53 bits per heavy atom. The molecule has 2 heterocycles. The van der Waals surface area contributed by atoms with Crippen LogP contribution >= 0.6 is 11.3 Å². The number of aromatic nitrogens is 3. The Hall–Kier alpha value is -1.56. The average Bonchev–Trinajstić information content (AvgIpc) is 2.82. The van der Waals surface area contributed by atoms with Gasteiger partial charge in [0.1, 0.15) is 10.8 Å². The lowest BCUT2D eigenvalue weighted by atomic mass is 10.3. The molecule has 0 fully saturated rings. The van der Waals surface area contributed by atoms with E-state index in [1.165, 1.54) is 4.88 Å². The van der Waals surface area contributed by atoms with Crippen molar-refractivity contribution >= 4 is 22.8 Å². The summed E-state index contributed by atoms with van der Waals surface area (Å²) < 4.78 is 1.79. The Bertz CT molecular complexity index is 514. The lowest BCUT2D eigenvalue weighted by Crippen LogP contribution is -2.06. The molecule has 2 aromatic rings. The smallest absolute Gasteiger partial charge is 0.148 e. The molecular weight excluding hydrogens is 234 g/mol. The number of aryl methyl sites for hydroxylation is 3. The van der Waals surface area contributed by atoms with Gasteiger partial charge in [0.2, 0.25) is 0 Å². The molecule has 0 amide bonds. The van der Waals surface area contributed by atoms with Gasteiger partial charge in [-0.25, -0.2) is 4.98 Å². The van der Waals surface area contributed by atoms with E-state index in [9.17, 15) is 0 Å². The summed E-state index contributed by atoms with van der Waals surface area (Å²) in [5.41, 5.74) is 7.70. The van der Waals surface area contributed by atoms with Crippen molar-refractivity contribution in [2.75, 3.05) is 11.1 Å². The van der Waals surface area contributed by atoms with Gasteiger partial charge in [0.15, 0.2) is 0 Å². The summed E-state index contributed by atoms with van der Waals surface area (Å²) in [4.78, 5) is 5.52. The second-order valence-corrected chi connectivity index (χ2v) is 5.22. The number of hydrogen-bond donors (Lipinski definition) is 2. The Labute approximate surface area is 105 Å². The number of rotatable bonds is 4. The van der Waals surface area contributed by atoms with Crippen LogP contribution in [0, 0.1) is 6.92 Å². The molecule has 92 valence electrons. The standard InChI is InChI=1S/C11H17N5S/c1-4-8-10(12)11(16(3)15-8)14-6-9-13-5-7(2)17-9/h5,14H,4,6,12H2,1-3H3. The molecule has 6 heteroatoms. The lowest BCUT2D eigenvalue weighted by molar-refractivity contribution is 0.747. The minimum Gasteiger partial charge on any atom is -0.394 e. The van der Waals surface area contributed by atoms with Crippen LogP contribution in [0.25, 0.3) is 0 Å². The van der Waals surface area contributed by atoms with Crippen molar-refractivity contribution < 1.29 is 0 Å². The fraction of sp³-hybridized carbons (Fsp3) is 0.455. The monoisotopic (exact) mass is 251 g/mol. The molecule has 0 aromatic carbocycles. The lowest BCUT2D eigenvalue weighted by Gasteiger charge is -2.05. The largest absolute Gasteiger partial charge is 0.394 e. The van der Waals surface area contributed by atoms with Gasteiger partial charge < -0.3 is 11.1 Å². The second-order valence-electron chi connectivity index (χ2n) is 3.90. The van der Waals surface area contributed by atoms with Crippen LogP contribution in [0.4, 0.5) is 11.5 Å². The highest BCUT2D eigenvalue weighted by molar-refractivity contribution is 7.11. The zero-order valence-corrected chi connectivity index (χ0v) is 11.1. The molecule has 0 aliphatic carbocycles. The Morgan fingerprint density at radius 3 is 2.82 bits per heavy atom. The summed E-state index contributed by atoms with van der Waals surface area (Å²) in [6, 6.07) is 0. The number of nitrogens with one attached hydrogen (secondary N) is 1. The second kappa shape index (κ2) is 4.75. The SMILES string of the molecule is CCc1nn(C)c(NCc2ncc(C)s2)c1N. The van der Waals surface area contributed by atoms with Gasteiger partial charge in [0.05, 0.1) is 17.9 Å². The number of nitrogens with zero attached hydrogens (tertiary/aromatic N) is 3. The highest BCUT2D eigenvalue weighted by atomic mass is 32.1. The van der Waals surface area contributed by atoms with Crippen LogP contribution < -0.4 is 11.1 Å². The fourth-order valence-electron chi connectivity index (χ4n) is 1.71.